The maximum Gasteiger partial charge on any atom is 0.253 e. The molecule has 0 spiro atoms. The molecule has 0 saturated carbocycles. The summed E-state index contributed by atoms with van der Waals surface area (Å²) in [7, 11) is 0. The Balaban J connectivity index is 2.02. The molecule has 0 unspecified atom stereocenters. The summed E-state index contributed by atoms with van der Waals surface area (Å²) in [6, 6.07) is 0. The molecule has 5 heteroatoms. The molecule has 96 valence electrons. The van der Waals surface area contributed by atoms with Crippen LogP contribution >= 0.6 is 0 Å². The van der Waals surface area contributed by atoms with Crippen LogP contribution in [0.3, 0.4) is 0 Å². The topological polar surface area (TPSA) is 84.2 Å². The van der Waals surface area contributed by atoms with Gasteiger partial charge in [-0.2, -0.15) is 0 Å². The number of unbranched alkanes of at least 4 members (excludes halogenated alkanes) is 2. The summed E-state index contributed by atoms with van der Waals surface area (Å²) in [6.07, 6.45) is 4.59. The second kappa shape index (κ2) is 7.06. The van der Waals surface area contributed by atoms with E-state index in [2.05, 4.69) is 17.6 Å². The van der Waals surface area contributed by atoms with Gasteiger partial charge in [-0.1, -0.05) is 19.8 Å². The van der Waals surface area contributed by atoms with Gasteiger partial charge in [0, 0.05) is 6.54 Å². The summed E-state index contributed by atoms with van der Waals surface area (Å²) >= 11 is 0. The van der Waals surface area contributed by atoms with Crippen molar-refractivity contribution in [3.8, 4) is 0 Å². The van der Waals surface area contributed by atoms with Crippen molar-refractivity contribution in [1.29, 1.82) is 0 Å². The van der Waals surface area contributed by atoms with Crippen molar-refractivity contribution in [3.63, 3.8) is 0 Å². The molecule has 1 aromatic rings. The summed E-state index contributed by atoms with van der Waals surface area (Å²) in [5.74, 6) is 0. The molecule has 0 aliphatic carbocycles. The lowest BCUT2D eigenvalue weighted by molar-refractivity contribution is 0.606. The van der Waals surface area contributed by atoms with Crippen molar-refractivity contribution < 1.29 is 0 Å². The summed E-state index contributed by atoms with van der Waals surface area (Å²) in [4.78, 5) is 21.9. The number of nitrogens with two attached hydrogens (primary N) is 1. The molecule has 0 fully saturated rings. The SMILES string of the molecule is CCCCCNCCCNc1c(N)c(=O)c1=O. The van der Waals surface area contributed by atoms with Crippen molar-refractivity contribution in [3.05, 3.63) is 20.4 Å². The lowest BCUT2D eigenvalue weighted by Gasteiger charge is -2.10. The number of hydrogen-bond donors (Lipinski definition) is 3. The minimum Gasteiger partial charge on any atom is -0.394 e. The Kier molecular flexibility index (Phi) is 5.69. The van der Waals surface area contributed by atoms with Crippen molar-refractivity contribution in [2.45, 2.75) is 32.6 Å². The minimum absolute atomic E-state index is 0.0749. The highest BCUT2D eigenvalue weighted by Crippen LogP contribution is 2.08. The molecule has 0 amide bonds. The summed E-state index contributed by atoms with van der Waals surface area (Å²) in [5, 5.41) is 6.22. The second-order valence-electron chi connectivity index (χ2n) is 4.18. The van der Waals surface area contributed by atoms with Gasteiger partial charge in [0.1, 0.15) is 11.4 Å². The third-order valence-electron chi connectivity index (χ3n) is 2.74. The molecular weight excluding hydrogens is 218 g/mol. The predicted molar refractivity (Wildman–Crippen MR) is 71.3 cm³/mol. The largest absolute Gasteiger partial charge is 0.394 e. The third kappa shape index (κ3) is 3.85. The zero-order valence-corrected chi connectivity index (χ0v) is 10.3. The second-order valence-corrected chi connectivity index (χ2v) is 4.18. The van der Waals surface area contributed by atoms with Gasteiger partial charge >= 0.3 is 0 Å². The summed E-state index contributed by atoms with van der Waals surface area (Å²) in [6.45, 7) is 4.79. The van der Waals surface area contributed by atoms with E-state index in [1.807, 2.05) is 0 Å². The minimum atomic E-state index is -0.565. The standard InChI is InChI=1S/C12H21N3O2/c1-2-3-4-6-14-7-5-8-15-10-9(13)11(16)12(10)17/h14-15H,2-8,13H2,1H3. The molecule has 0 heterocycles. The Morgan fingerprint density at radius 1 is 1.00 bits per heavy atom. The van der Waals surface area contributed by atoms with Crippen LogP contribution in [0.4, 0.5) is 11.4 Å². The van der Waals surface area contributed by atoms with Crippen LogP contribution in [-0.2, 0) is 0 Å². The van der Waals surface area contributed by atoms with Crippen LogP contribution in [0.15, 0.2) is 9.59 Å². The fourth-order valence-corrected chi connectivity index (χ4v) is 1.64. The quantitative estimate of drug-likeness (QED) is 0.430. The molecule has 0 aliphatic rings. The Morgan fingerprint density at radius 2 is 1.71 bits per heavy atom. The van der Waals surface area contributed by atoms with Gasteiger partial charge in [-0.05, 0) is 25.9 Å². The first-order valence-corrected chi connectivity index (χ1v) is 6.21. The maximum atomic E-state index is 11.0. The van der Waals surface area contributed by atoms with Gasteiger partial charge in [0.25, 0.3) is 10.9 Å². The van der Waals surface area contributed by atoms with Gasteiger partial charge < -0.3 is 16.4 Å². The molecular formula is C12H21N3O2. The van der Waals surface area contributed by atoms with Crippen LogP contribution in [0.25, 0.3) is 0 Å². The monoisotopic (exact) mass is 239 g/mol. The number of hydrogen-bond acceptors (Lipinski definition) is 5. The Morgan fingerprint density at radius 3 is 2.35 bits per heavy atom. The van der Waals surface area contributed by atoms with E-state index in [1.54, 1.807) is 0 Å². The zero-order chi connectivity index (χ0) is 12.7. The van der Waals surface area contributed by atoms with Gasteiger partial charge in [0.2, 0.25) is 0 Å². The molecule has 0 atom stereocenters. The average molecular weight is 239 g/mol. The summed E-state index contributed by atoms with van der Waals surface area (Å²) < 4.78 is 0. The first-order valence-electron chi connectivity index (χ1n) is 6.21. The van der Waals surface area contributed by atoms with Crippen LogP contribution in [0.5, 0.6) is 0 Å². The first-order chi connectivity index (χ1) is 8.18. The Hall–Kier alpha value is -1.36. The Labute approximate surface area is 101 Å². The van der Waals surface area contributed by atoms with Crippen LogP contribution in [0.2, 0.25) is 0 Å². The fraction of sp³-hybridized carbons (Fsp3) is 0.667. The van der Waals surface area contributed by atoms with Crippen LogP contribution in [0.1, 0.15) is 32.6 Å². The molecule has 0 aliphatic heterocycles. The highest BCUT2D eigenvalue weighted by molar-refractivity contribution is 5.71. The van der Waals surface area contributed by atoms with Gasteiger partial charge in [0.15, 0.2) is 0 Å². The van der Waals surface area contributed by atoms with Crippen LogP contribution in [0, 0.1) is 0 Å². The smallest absolute Gasteiger partial charge is 0.253 e. The van der Waals surface area contributed by atoms with Crippen molar-refractivity contribution in [1.82, 2.24) is 5.32 Å². The van der Waals surface area contributed by atoms with Crippen molar-refractivity contribution >= 4 is 11.4 Å². The number of rotatable bonds is 9. The highest BCUT2D eigenvalue weighted by Gasteiger charge is 2.16. The van der Waals surface area contributed by atoms with E-state index < -0.39 is 10.9 Å². The third-order valence-corrected chi connectivity index (χ3v) is 2.74. The molecule has 0 saturated heterocycles. The van der Waals surface area contributed by atoms with Crippen LogP contribution < -0.4 is 27.2 Å². The van der Waals surface area contributed by atoms with E-state index in [0.29, 0.717) is 12.2 Å². The van der Waals surface area contributed by atoms with E-state index in [0.717, 1.165) is 19.5 Å². The number of anilines is 2. The van der Waals surface area contributed by atoms with Gasteiger partial charge in [-0.15, -0.1) is 0 Å². The van der Waals surface area contributed by atoms with Crippen LogP contribution in [-0.4, -0.2) is 19.6 Å². The lowest BCUT2D eigenvalue weighted by Crippen LogP contribution is -2.37. The first kappa shape index (κ1) is 13.7. The average Bonchev–Trinajstić information content (AvgIpc) is 2.35. The molecule has 1 aromatic carbocycles. The van der Waals surface area contributed by atoms with E-state index >= 15 is 0 Å². The molecule has 5 nitrogen and oxygen atoms in total. The summed E-state index contributed by atoms with van der Waals surface area (Å²) in [5.41, 5.74) is 4.70. The van der Waals surface area contributed by atoms with E-state index in [9.17, 15) is 9.59 Å². The van der Waals surface area contributed by atoms with Crippen molar-refractivity contribution in [2.75, 3.05) is 30.7 Å². The molecule has 4 N–H and O–H groups in total. The van der Waals surface area contributed by atoms with E-state index in [1.165, 1.54) is 19.3 Å². The van der Waals surface area contributed by atoms with E-state index in [4.69, 9.17) is 5.73 Å². The van der Waals surface area contributed by atoms with Gasteiger partial charge in [0.05, 0.1) is 0 Å². The zero-order valence-electron chi connectivity index (χ0n) is 10.3. The Bertz CT molecular complexity index is 408. The van der Waals surface area contributed by atoms with E-state index in [-0.39, 0.29) is 5.69 Å². The lowest BCUT2D eigenvalue weighted by atomic mass is 10.2. The fourth-order valence-electron chi connectivity index (χ4n) is 1.64. The highest BCUT2D eigenvalue weighted by atomic mass is 16.2. The molecule has 1 rings (SSSR count). The predicted octanol–water partition coefficient (Wildman–Crippen LogP) is 0.447. The normalized spacial score (nSPS) is 10.9. The maximum absolute atomic E-state index is 11.0. The molecule has 0 radical (unpaired) electrons. The molecule has 0 aromatic heterocycles. The van der Waals surface area contributed by atoms with Gasteiger partial charge in [-0.25, -0.2) is 0 Å². The molecule has 0 bridgehead atoms. The van der Waals surface area contributed by atoms with Crippen molar-refractivity contribution in [2.24, 2.45) is 0 Å². The number of nitrogen functional groups attached to an aromatic ring is 1. The molecule has 17 heavy (non-hydrogen) atoms. The number of nitrogens with one attached hydrogen (secondary N) is 2. The van der Waals surface area contributed by atoms with Gasteiger partial charge in [-0.3, -0.25) is 9.59 Å².